The number of nitrogens with zero attached hydrogens (tertiary/aromatic N) is 2. The molecule has 0 radical (unpaired) electrons. The molecule has 0 saturated carbocycles. The third kappa shape index (κ3) is 3.02. The molecule has 1 unspecified atom stereocenters. The Kier molecular flexibility index (Phi) is 4.49. The summed E-state index contributed by atoms with van der Waals surface area (Å²) in [6, 6.07) is 12.3. The average molecular weight is 295 g/mol. The quantitative estimate of drug-likeness (QED) is 0.946. The molecule has 1 amide bonds. The Hall–Kier alpha value is -2.20. The van der Waals surface area contributed by atoms with Crippen LogP contribution in [0, 0.1) is 0 Å². The van der Waals surface area contributed by atoms with Gasteiger partial charge in [-0.2, -0.15) is 0 Å². The second-order valence-corrected chi connectivity index (χ2v) is 5.56. The summed E-state index contributed by atoms with van der Waals surface area (Å²) < 4.78 is 0. The summed E-state index contributed by atoms with van der Waals surface area (Å²) in [4.78, 5) is 18.8. The summed E-state index contributed by atoms with van der Waals surface area (Å²) in [5.41, 5.74) is 3.15. The van der Waals surface area contributed by atoms with Crippen molar-refractivity contribution in [2.24, 2.45) is 0 Å². The van der Waals surface area contributed by atoms with Gasteiger partial charge < -0.3 is 10.2 Å². The van der Waals surface area contributed by atoms with Crippen LogP contribution < -0.4 is 5.32 Å². The summed E-state index contributed by atoms with van der Waals surface area (Å²) >= 11 is 0. The van der Waals surface area contributed by atoms with Crippen LogP contribution in [-0.2, 0) is 6.42 Å². The van der Waals surface area contributed by atoms with E-state index in [4.69, 9.17) is 0 Å². The molecule has 1 aliphatic heterocycles. The minimum absolute atomic E-state index is 0.0548. The maximum absolute atomic E-state index is 12.8. The van der Waals surface area contributed by atoms with Crippen molar-refractivity contribution in [2.75, 3.05) is 19.6 Å². The van der Waals surface area contributed by atoms with Crippen LogP contribution in [0.5, 0.6) is 0 Å². The lowest BCUT2D eigenvalue weighted by molar-refractivity contribution is 0.0634. The van der Waals surface area contributed by atoms with Gasteiger partial charge in [-0.25, -0.2) is 0 Å². The summed E-state index contributed by atoms with van der Waals surface area (Å²) in [6.45, 7) is 4.48. The topological polar surface area (TPSA) is 45.2 Å². The van der Waals surface area contributed by atoms with E-state index in [1.807, 2.05) is 11.0 Å². The van der Waals surface area contributed by atoms with Crippen LogP contribution >= 0.6 is 0 Å². The summed E-state index contributed by atoms with van der Waals surface area (Å²) in [7, 11) is 0. The number of aryl methyl sites for hydroxylation is 1. The molecule has 3 rings (SSSR count). The van der Waals surface area contributed by atoms with Crippen molar-refractivity contribution in [1.82, 2.24) is 15.2 Å². The summed E-state index contributed by atoms with van der Waals surface area (Å²) in [5.74, 6) is 0.0548. The highest BCUT2D eigenvalue weighted by molar-refractivity contribution is 5.94. The van der Waals surface area contributed by atoms with Crippen LogP contribution in [0.1, 0.15) is 34.5 Å². The van der Waals surface area contributed by atoms with Gasteiger partial charge in [0.1, 0.15) is 0 Å². The van der Waals surface area contributed by atoms with Gasteiger partial charge in [-0.15, -0.1) is 0 Å². The van der Waals surface area contributed by atoms with E-state index < -0.39 is 0 Å². The van der Waals surface area contributed by atoms with Crippen molar-refractivity contribution in [3.63, 3.8) is 0 Å². The van der Waals surface area contributed by atoms with Crippen molar-refractivity contribution in [2.45, 2.75) is 19.4 Å². The molecule has 2 aromatic rings. The number of carbonyl (C=O) groups is 1. The molecule has 114 valence electrons. The lowest BCUT2D eigenvalue weighted by atomic mass is 10.00. The van der Waals surface area contributed by atoms with E-state index in [0.717, 1.165) is 19.5 Å². The normalized spacial score (nSPS) is 18.2. The van der Waals surface area contributed by atoms with Gasteiger partial charge in [-0.05, 0) is 29.7 Å². The standard InChI is InChI=1S/C18H21N3O/c1-2-14-5-7-15(8-6-14)17-13-20-10-11-21(17)18(22)16-4-3-9-19-12-16/h3-9,12,17,20H,2,10-11,13H2,1H3. The van der Waals surface area contributed by atoms with E-state index in [1.165, 1.54) is 11.1 Å². The van der Waals surface area contributed by atoms with Gasteiger partial charge in [-0.1, -0.05) is 31.2 Å². The fourth-order valence-corrected chi connectivity index (χ4v) is 2.88. The maximum atomic E-state index is 12.8. The zero-order valence-electron chi connectivity index (χ0n) is 12.8. The Balaban J connectivity index is 1.86. The van der Waals surface area contributed by atoms with Crippen LogP contribution in [-0.4, -0.2) is 35.4 Å². The van der Waals surface area contributed by atoms with Crippen LogP contribution in [0.25, 0.3) is 0 Å². The third-order valence-corrected chi connectivity index (χ3v) is 4.19. The number of pyridine rings is 1. The van der Waals surface area contributed by atoms with Crippen molar-refractivity contribution < 1.29 is 4.79 Å². The number of piperazine rings is 1. The lowest BCUT2D eigenvalue weighted by Gasteiger charge is -2.36. The second kappa shape index (κ2) is 6.71. The molecule has 22 heavy (non-hydrogen) atoms. The molecule has 1 fully saturated rings. The van der Waals surface area contributed by atoms with Gasteiger partial charge in [0.25, 0.3) is 5.91 Å². The van der Waals surface area contributed by atoms with E-state index in [0.29, 0.717) is 12.1 Å². The highest BCUT2D eigenvalue weighted by Gasteiger charge is 2.28. The molecule has 1 aliphatic rings. The largest absolute Gasteiger partial charge is 0.329 e. The first-order chi connectivity index (χ1) is 10.8. The van der Waals surface area contributed by atoms with Crippen molar-refractivity contribution in [1.29, 1.82) is 0 Å². The molecule has 1 N–H and O–H groups in total. The van der Waals surface area contributed by atoms with E-state index in [1.54, 1.807) is 18.5 Å². The minimum Gasteiger partial charge on any atom is -0.329 e. The first-order valence-corrected chi connectivity index (χ1v) is 7.80. The highest BCUT2D eigenvalue weighted by Crippen LogP contribution is 2.24. The number of hydrogen-bond donors (Lipinski definition) is 1. The van der Waals surface area contributed by atoms with Gasteiger partial charge in [0.2, 0.25) is 0 Å². The molecule has 4 heteroatoms. The predicted octanol–water partition coefficient (Wildman–Crippen LogP) is 2.43. The number of aromatic nitrogens is 1. The van der Waals surface area contributed by atoms with Gasteiger partial charge in [0.15, 0.2) is 0 Å². The molecule has 1 aromatic heterocycles. The van der Waals surface area contributed by atoms with Crippen LogP contribution in [0.4, 0.5) is 0 Å². The van der Waals surface area contributed by atoms with Gasteiger partial charge >= 0.3 is 0 Å². The van der Waals surface area contributed by atoms with Crippen molar-refractivity contribution in [3.8, 4) is 0 Å². The van der Waals surface area contributed by atoms with E-state index in [2.05, 4.69) is 41.5 Å². The molecule has 0 bridgehead atoms. The number of carbonyl (C=O) groups excluding carboxylic acids is 1. The minimum atomic E-state index is 0.0548. The summed E-state index contributed by atoms with van der Waals surface area (Å²) in [6.07, 6.45) is 4.36. The van der Waals surface area contributed by atoms with Gasteiger partial charge in [0.05, 0.1) is 11.6 Å². The van der Waals surface area contributed by atoms with Crippen LogP contribution in [0.3, 0.4) is 0 Å². The Bertz CT molecular complexity index is 625. The number of nitrogens with one attached hydrogen (secondary N) is 1. The highest BCUT2D eigenvalue weighted by atomic mass is 16.2. The lowest BCUT2D eigenvalue weighted by Crippen LogP contribution is -2.48. The molecule has 2 heterocycles. The third-order valence-electron chi connectivity index (χ3n) is 4.19. The second-order valence-electron chi connectivity index (χ2n) is 5.56. The Morgan fingerprint density at radius 3 is 2.82 bits per heavy atom. The molecule has 0 aliphatic carbocycles. The first-order valence-electron chi connectivity index (χ1n) is 7.80. The van der Waals surface area contributed by atoms with E-state index in [-0.39, 0.29) is 11.9 Å². The molecule has 1 atom stereocenters. The van der Waals surface area contributed by atoms with Gasteiger partial charge in [-0.3, -0.25) is 9.78 Å². The maximum Gasteiger partial charge on any atom is 0.256 e. The smallest absolute Gasteiger partial charge is 0.256 e. The van der Waals surface area contributed by atoms with E-state index in [9.17, 15) is 4.79 Å². The van der Waals surface area contributed by atoms with Crippen LogP contribution in [0.15, 0.2) is 48.8 Å². The fourth-order valence-electron chi connectivity index (χ4n) is 2.88. The fraction of sp³-hybridized carbons (Fsp3) is 0.333. The first kappa shape index (κ1) is 14.7. The molecule has 1 aromatic carbocycles. The van der Waals surface area contributed by atoms with Crippen LogP contribution in [0.2, 0.25) is 0 Å². The zero-order valence-corrected chi connectivity index (χ0v) is 12.8. The zero-order chi connectivity index (χ0) is 15.4. The van der Waals surface area contributed by atoms with Gasteiger partial charge in [0, 0.05) is 32.0 Å². The predicted molar refractivity (Wildman–Crippen MR) is 86.7 cm³/mol. The molecule has 0 spiro atoms. The SMILES string of the molecule is CCc1ccc(C2CNCCN2C(=O)c2cccnc2)cc1. The molecular formula is C18H21N3O. The Morgan fingerprint density at radius 1 is 1.32 bits per heavy atom. The average Bonchev–Trinajstić information content (AvgIpc) is 2.62. The Morgan fingerprint density at radius 2 is 2.14 bits per heavy atom. The molecule has 1 saturated heterocycles. The number of rotatable bonds is 3. The molecular weight excluding hydrogens is 274 g/mol. The summed E-state index contributed by atoms with van der Waals surface area (Å²) in [5, 5.41) is 3.39. The van der Waals surface area contributed by atoms with Crippen molar-refractivity contribution >= 4 is 5.91 Å². The molecule has 4 nitrogen and oxygen atoms in total. The monoisotopic (exact) mass is 295 g/mol. The number of amides is 1. The Labute approximate surface area is 131 Å². The van der Waals surface area contributed by atoms with E-state index >= 15 is 0 Å². The number of hydrogen-bond acceptors (Lipinski definition) is 3. The van der Waals surface area contributed by atoms with Crippen molar-refractivity contribution in [3.05, 3.63) is 65.5 Å². The number of benzene rings is 1.